The molecule has 0 fully saturated rings. The van der Waals surface area contributed by atoms with E-state index in [2.05, 4.69) is 11.8 Å². The normalized spacial score (nSPS) is 13.8. The smallest absolute Gasteiger partial charge is 0.0669 e. The van der Waals surface area contributed by atoms with Crippen molar-refractivity contribution in [2.24, 2.45) is 0 Å². The molecule has 0 bridgehead atoms. The SMILES string of the molecule is CC#CCCC(C)(O)Cc1ccccc1. The molecule has 1 aromatic rings. The summed E-state index contributed by atoms with van der Waals surface area (Å²) in [4.78, 5) is 0. The Kier molecular flexibility index (Phi) is 4.39. The van der Waals surface area contributed by atoms with Crippen molar-refractivity contribution in [2.75, 3.05) is 0 Å². The molecule has 1 heteroatoms. The van der Waals surface area contributed by atoms with Gasteiger partial charge in [-0.2, -0.15) is 0 Å². The molecule has 1 rings (SSSR count). The van der Waals surface area contributed by atoms with Crippen LogP contribution < -0.4 is 0 Å². The maximum atomic E-state index is 10.1. The molecule has 0 saturated carbocycles. The van der Waals surface area contributed by atoms with Gasteiger partial charge >= 0.3 is 0 Å². The topological polar surface area (TPSA) is 20.2 Å². The highest BCUT2D eigenvalue weighted by Gasteiger charge is 2.19. The number of rotatable bonds is 4. The summed E-state index contributed by atoms with van der Waals surface area (Å²) >= 11 is 0. The van der Waals surface area contributed by atoms with Crippen molar-refractivity contribution in [3.8, 4) is 11.8 Å². The van der Waals surface area contributed by atoms with Gasteiger partial charge in [0.2, 0.25) is 0 Å². The minimum absolute atomic E-state index is 0.648. The molecule has 0 aliphatic carbocycles. The molecule has 0 radical (unpaired) electrons. The zero-order valence-corrected chi connectivity index (χ0v) is 9.46. The fourth-order valence-electron chi connectivity index (χ4n) is 1.58. The lowest BCUT2D eigenvalue weighted by Gasteiger charge is -2.22. The number of hydrogen-bond acceptors (Lipinski definition) is 1. The lowest BCUT2D eigenvalue weighted by atomic mass is 9.92. The van der Waals surface area contributed by atoms with Crippen LogP contribution in [0.3, 0.4) is 0 Å². The van der Waals surface area contributed by atoms with Crippen molar-refractivity contribution < 1.29 is 5.11 Å². The maximum Gasteiger partial charge on any atom is 0.0669 e. The first-order valence-electron chi connectivity index (χ1n) is 5.30. The standard InChI is InChI=1S/C14H18O/c1-3-4-8-11-14(2,15)12-13-9-6-5-7-10-13/h5-7,9-10,15H,8,11-12H2,1-2H3. The van der Waals surface area contributed by atoms with Crippen molar-refractivity contribution in [3.05, 3.63) is 35.9 Å². The lowest BCUT2D eigenvalue weighted by Crippen LogP contribution is -2.26. The van der Waals surface area contributed by atoms with Crippen LogP contribution in [0.4, 0.5) is 0 Å². The fourth-order valence-corrected chi connectivity index (χ4v) is 1.58. The number of benzene rings is 1. The highest BCUT2D eigenvalue weighted by molar-refractivity contribution is 5.16. The van der Waals surface area contributed by atoms with Crippen LogP contribution >= 0.6 is 0 Å². The molecule has 0 spiro atoms. The molecule has 0 aliphatic rings. The predicted octanol–water partition coefficient (Wildman–Crippen LogP) is 2.78. The van der Waals surface area contributed by atoms with Crippen molar-refractivity contribution in [3.63, 3.8) is 0 Å². The van der Waals surface area contributed by atoms with E-state index < -0.39 is 5.60 Å². The van der Waals surface area contributed by atoms with Gasteiger partial charge in [0, 0.05) is 12.8 Å². The second-order valence-electron chi connectivity index (χ2n) is 4.09. The summed E-state index contributed by atoms with van der Waals surface area (Å²) in [6, 6.07) is 10.1. The molecule has 1 nitrogen and oxygen atoms in total. The third-order valence-corrected chi connectivity index (χ3v) is 2.39. The molecule has 0 aliphatic heterocycles. The summed E-state index contributed by atoms with van der Waals surface area (Å²) in [6.07, 6.45) is 2.18. The van der Waals surface area contributed by atoms with Gasteiger partial charge in [0.1, 0.15) is 0 Å². The minimum atomic E-state index is -0.648. The summed E-state index contributed by atoms with van der Waals surface area (Å²) in [7, 11) is 0. The van der Waals surface area contributed by atoms with E-state index in [-0.39, 0.29) is 0 Å². The molecule has 0 aromatic heterocycles. The van der Waals surface area contributed by atoms with Gasteiger partial charge in [-0.25, -0.2) is 0 Å². The first-order chi connectivity index (χ1) is 7.14. The molecule has 0 amide bonds. The van der Waals surface area contributed by atoms with Crippen LogP contribution in [0.5, 0.6) is 0 Å². The molecule has 1 atom stereocenters. The van der Waals surface area contributed by atoms with Crippen LogP contribution in [0.25, 0.3) is 0 Å². The van der Waals surface area contributed by atoms with E-state index in [1.54, 1.807) is 0 Å². The highest BCUT2D eigenvalue weighted by atomic mass is 16.3. The third-order valence-electron chi connectivity index (χ3n) is 2.39. The van der Waals surface area contributed by atoms with Gasteiger partial charge in [0.15, 0.2) is 0 Å². The van der Waals surface area contributed by atoms with Crippen LogP contribution in [0.1, 0.15) is 32.3 Å². The zero-order valence-electron chi connectivity index (χ0n) is 9.46. The summed E-state index contributed by atoms with van der Waals surface area (Å²) < 4.78 is 0. The average molecular weight is 202 g/mol. The van der Waals surface area contributed by atoms with Gasteiger partial charge in [-0.15, -0.1) is 11.8 Å². The monoisotopic (exact) mass is 202 g/mol. The van der Waals surface area contributed by atoms with E-state index in [0.29, 0.717) is 6.42 Å². The van der Waals surface area contributed by atoms with Gasteiger partial charge in [-0.3, -0.25) is 0 Å². The number of aliphatic hydroxyl groups is 1. The molecule has 0 heterocycles. The quantitative estimate of drug-likeness (QED) is 0.744. The van der Waals surface area contributed by atoms with Crippen LogP contribution in [0.2, 0.25) is 0 Å². The lowest BCUT2D eigenvalue weighted by molar-refractivity contribution is 0.0529. The van der Waals surface area contributed by atoms with E-state index >= 15 is 0 Å². The summed E-state index contributed by atoms with van der Waals surface area (Å²) in [6.45, 7) is 3.70. The molecule has 1 aromatic carbocycles. The Morgan fingerprint density at radius 3 is 2.53 bits per heavy atom. The van der Waals surface area contributed by atoms with Gasteiger partial charge in [-0.1, -0.05) is 30.3 Å². The predicted molar refractivity (Wildman–Crippen MR) is 63.5 cm³/mol. The minimum Gasteiger partial charge on any atom is -0.390 e. The highest BCUT2D eigenvalue weighted by Crippen LogP contribution is 2.18. The van der Waals surface area contributed by atoms with Crippen LogP contribution in [-0.2, 0) is 6.42 Å². The summed E-state index contributed by atoms with van der Waals surface area (Å²) in [5, 5.41) is 10.1. The summed E-state index contributed by atoms with van der Waals surface area (Å²) in [5.74, 6) is 5.82. The van der Waals surface area contributed by atoms with E-state index in [4.69, 9.17) is 0 Å². The van der Waals surface area contributed by atoms with E-state index in [1.165, 1.54) is 5.56 Å². The zero-order chi connectivity index (χ0) is 11.1. The molecule has 1 N–H and O–H groups in total. The fraction of sp³-hybridized carbons (Fsp3) is 0.429. The Hall–Kier alpha value is -1.26. The molecule has 15 heavy (non-hydrogen) atoms. The largest absolute Gasteiger partial charge is 0.390 e. The molecule has 80 valence electrons. The first kappa shape index (κ1) is 11.8. The summed E-state index contributed by atoms with van der Waals surface area (Å²) in [5.41, 5.74) is 0.525. The average Bonchev–Trinajstić information content (AvgIpc) is 2.18. The van der Waals surface area contributed by atoms with Crippen LogP contribution in [0, 0.1) is 11.8 Å². The second kappa shape index (κ2) is 5.58. The Morgan fingerprint density at radius 2 is 1.93 bits per heavy atom. The van der Waals surface area contributed by atoms with Gasteiger partial charge in [0.05, 0.1) is 5.60 Å². The van der Waals surface area contributed by atoms with E-state index in [9.17, 15) is 5.11 Å². The molecule has 0 saturated heterocycles. The second-order valence-corrected chi connectivity index (χ2v) is 4.09. The van der Waals surface area contributed by atoms with E-state index in [1.807, 2.05) is 44.2 Å². The Labute approximate surface area is 92.1 Å². The van der Waals surface area contributed by atoms with Gasteiger partial charge in [0.25, 0.3) is 0 Å². The first-order valence-corrected chi connectivity index (χ1v) is 5.30. The van der Waals surface area contributed by atoms with Crippen LogP contribution in [-0.4, -0.2) is 10.7 Å². The van der Waals surface area contributed by atoms with Gasteiger partial charge < -0.3 is 5.11 Å². The van der Waals surface area contributed by atoms with Crippen molar-refractivity contribution in [1.82, 2.24) is 0 Å². The number of hydrogen-bond donors (Lipinski definition) is 1. The van der Waals surface area contributed by atoms with Crippen molar-refractivity contribution in [2.45, 2.75) is 38.7 Å². The van der Waals surface area contributed by atoms with Crippen molar-refractivity contribution in [1.29, 1.82) is 0 Å². The third kappa shape index (κ3) is 4.67. The molecular weight excluding hydrogens is 184 g/mol. The maximum absolute atomic E-state index is 10.1. The Bertz CT molecular complexity index is 341. The Morgan fingerprint density at radius 1 is 1.27 bits per heavy atom. The van der Waals surface area contributed by atoms with Gasteiger partial charge in [-0.05, 0) is 25.8 Å². The van der Waals surface area contributed by atoms with Crippen molar-refractivity contribution >= 4 is 0 Å². The Balaban J connectivity index is 2.51. The molecule has 1 unspecified atom stereocenters. The van der Waals surface area contributed by atoms with Crippen LogP contribution in [0.15, 0.2) is 30.3 Å². The molecular formula is C14H18O. The van der Waals surface area contributed by atoms with E-state index in [0.717, 1.165) is 12.8 Å².